The van der Waals surface area contributed by atoms with Crippen molar-refractivity contribution in [1.29, 1.82) is 0 Å². The number of hydrogen-bond acceptors (Lipinski definition) is 4. The van der Waals surface area contributed by atoms with E-state index in [-0.39, 0.29) is 11.8 Å². The van der Waals surface area contributed by atoms with Gasteiger partial charge in [0.25, 0.3) is 0 Å². The average Bonchev–Trinajstić information content (AvgIpc) is 3.24. The lowest BCUT2D eigenvalue weighted by atomic mass is 9.75. The van der Waals surface area contributed by atoms with Crippen LogP contribution in [0.3, 0.4) is 0 Å². The van der Waals surface area contributed by atoms with Crippen LogP contribution in [0.2, 0.25) is 0 Å². The number of rotatable bonds is 5. The Hall–Kier alpha value is -2.99. The van der Waals surface area contributed by atoms with Crippen molar-refractivity contribution < 1.29 is 4.79 Å². The van der Waals surface area contributed by atoms with Crippen molar-refractivity contribution in [3.8, 4) is 11.3 Å². The standard InChI is InChI=1S/C23H25N5O/c29-23(24-19-9-5-2-6-10-19)21-15-27-12-11-18(21)13-20(27)14-28-16-22(25-26-28)17-7-3-1-4-8-17/h1-10,16,18,20-21H,11-15H2,(H,24,29)/t18-,20+,21-/m0/s1. The first-order chi connectivity index (χ1) is 14.3. The Balaban J connectivity index is 1.23. The number of para-hydroxylation sites is 1. The molecule has 3 fully saturated rings. The fraction of sp³-hybridized carbons (Fsp3) is 0.348. The topological polar surface area (TPSA) is 63.1 Å². The van der Waals surface area contributed by atoms with Gasteiger partial charge in [-0.3, -0.25) is 14.4 Å². The summed E-state index contributed by atoms with van der Waals surface area (Å²) in [6.45, 7) is 2.71. The van der Waals surface area contributed by atoms with E-state index in [1.165, 1.54) is 0 Å². The van der Waals surface area contributed by atoms with E-state index in [0.717, 1.165) is 49.4 Å². The summed E-state index contributed by atoms with van der Waals surface area (Å²) >= 11 is 0. The Bertz CT molecular complexity index is 971. The quantitative estimate of drug-likeness (QED) is 0.730. The van der Waals surface area contributed by atoms with Gasteiger partial charge in [-0.15, -0.1) is 5.10 Å². The zero-order chi connectivity index (χ0) is 19.6. The van der Waals surface area contributed by atoms with Crippen LogP contribution in [0.4, 0.5) is 5.69 Å². The molecule has 6 heteroatoms. The molecule has 0 spiro atoms. The summed E-state index contributed by atoms with van der Waals surface area (Å²) in [6.07, 6.45) is 4.15. The predicted molar refractivity (Wildman–Crippen MR) is 112 cm³/mol. The predicted octanol–water partition coefficient (Wildman–Crippen LogP) is 3.29. The molecule has 2 aromatic carbocycles. The van der Waals surface area contributed by atoms with Crippen LogP contribution in [0.5, 0.6) is 0 Å². The highest BCUT2D eigenvalue weighted by Crippen LogP contribution is 2.37. The summed E-state index contributed by atoms with van der Waals surface area (Å²) in [4.78, 5) is 15.3. The first-order valence-corrected chi connectivity index (χ1v) is 10.3. The highest BCUT2D eigenvalue weighted by Gasteiger charge is 2.43. The molecule has 3 aromatic rings. The second kappa shape index (κ2) is 7.79. The number of carbonyl (C=O) groups is 1. The van der Waals surface area contributed by atoms with E-state index in [1.807, 2.05) is 59.4 Å². The third kappa shape index (κ3) is 3.80. The van der Waals surface area contributed by atoms with Crippen molar-refractivity contribution in [3.05, 3.63) is 66.9 Å². The molecule has 6 nitrogen and oxygen atoms in total. The van der Waals surface area contributed by atoms with E-state index in [1.54, 1.807) is 0 Å². The number of nitrogens with one attached hydrogen (secondary N) is 1. The van der Waals surface area contributed by atoms with Crippen molar-refractivity contribution in [3.63, 3.8) is 0 Å². The average molecular weight is 387 g/mol. The molecule has 3 saturated heterocycles. The number of benzene rings is 2. The number of nitrogens with zero attached hydrogens (tertiary/aromatic N) is 4. The van der Waals surface area contributed by atoms with Gasteiger partial charge < -0.3 is 5.32 Å². The molecule has 1 amide bonds. The smallest absolute Gasteiger partial charge is 0.229 e. The summed E-state index contributed by atoms with van der Waals surface area (Å²) in [7, 11) is 0. The number of carbonyl (C=O) groups excluding carboxylic acids is 1. The number of amides is 1. The highest BCUT2D eigenvalue weighted by atomic mass is 16.2. The Morgan fingerprint density at radius 2 is 1.83 bits per heavy atom. The van der Waals surface area contributed by atoms with Gasteiger partial charge in [0, 0.05) is 23.8 Å². The minimum absolute atomic E-state index is 0.0656. The van der Waals surface area contributed by atoms with E-state index >= 15 is 0 Å². The molecule has 3 aliphatic heterocycles. The molecule has 4 heterocycles. The van der Waals surface area contributed by atoms with Gasteiger partial charge in [0.05, 0.1) is 18.7 Å². The van der Waals surface area contributed by atoms with Gasteiger partial charge in [0.15, 0.2) is 0 Å². The summed E-state index contributed by atoms with van der Waals surface area (Å²) in [6, 6.07) is 20.3. The van der Waals surface area contributed by atoms with E-state index in [9.17, 15) is 4.79 Å². The lowest BCUT2D eigenvalue weighted by Gasteiger charge is -2.49. The molecule has 29 heavy (non-hydrogen) atoms. The van der Waals surface area contributed by atoms with Gasteiger partial charge in [0.1, 0.15) is 5.69 Å². The molecule has 6 rings (SSSR count). The highest BCUT2D eigenvalue weighted by molar-refractivity contribution is 5.93. The minimum atomic E-state index is 0.0656. The molecule has 0 aliphatic carbocycles. The fourth-order valence-electron chi connectivity index (χ4n) is 4.73. The van der Waals surface area contributed by atoms with E-state index < -0.39 is 0 Å². The van der Waals surface area contributed by atoms with Gasteiger partial charge in [-0.2, -0.15) is 0 Å². The summed E-state index contributed by atoms with van der Waals surface area (Å²) in [5, 5.41) is 11.8. The number of fused-ring (bicyclic) bond motifs is 3. The summed E-state index contributed by atoms with van der Waals surface area (Å²) in [5.41, 5.74) is 2.87. The van der Waals surface area contributed by atoms with Crippen LogP contribution in [-0.2, 0) is 11.3 Å². The molecule has 3 aliphatic rings. The Morgan fingerprint density at radius 1 is 1.07 bits per heavy atom. The zero-order valence-electron chi connectivity index (χ0n) is 16.3. The molecular formula is C23H25N5O. The second-order valence-electron chi connectivity index (χ2n) is 8.09. The Kier molecular flexibility index (Phi) is 4.86. The third-order valence-corrected chi connectivity index (χ3v) is 6.26. The molecule has 0 saturated carbocycles. The lowest BCUT2D eigenvalue weighted by Crippen LogP contribution is -2.57. The van der Waals surface area contributed by atoms with Crippen LogP contribution in [0.25, 0.3) is 11.3 Å². The van der Waals surface area contributed by atoms with Crippen molar-refractivity contribution in [2.24, 2.45) is 11.8 Å². The normalized spacial score (nSPS) is 25.7. The van der Waals surface area contributed by atoms with Gasteiger partial charge in [0.2, 0.25) is 5.91 Å². The van der Waals surface area contributed by atoms with Gasteiger partial charge in [-0.25, -0.2) is 0 Å². The summed E-state index contributed by atoms with van der Waals surface area (Å²) < 4.78 is 1.95. The molecule has 1 N–H and O–H groups in total. The first kappa shape index (κ1) is 18.1. The Morgan fingerprint density at radius 3 is 2.55 bits per heavy atom. The van der Waals surface area contributed by atoms with Crippen LogP contribution in [-0.4, -0.2) is 44.9 Å². The van der Waals surface area contributed by atoms with Gasteiger partial charge in [-0.05, 0) is 37.4 Å². The lowest BCUT2D eigenvalue weighted by molar-refractivity contribution is -0.127. The van der Waals surface area contributed by atoms with Gasteiger partial charge in [-0.1, -0.05) is 53.7 Å². The fourth-order valence-corrected chi connectivity index (χ4v) is 4.73. The molecule has 2 bridgehead atoms. The maximum absolute atomic E-state index is 12.8. The molecule has 4 atom stereocenters. The van der Waals surface area contributed by atoms with Crippen LogP contribution in [0.15, 0.2) is 66.9 Å². The van der Waals surface area contributed by atoms with E-state index in [4.69, 9.17) is 0 Å². The SMILES string of the molecule is O=C(Nc1ccccc1)[C@H]1CN2CC[C@H]1C[C@@H]2Cn1cc(-c2ccccc2)nn1. The Labute approximate surface area is 170 Å². The maximum atomic E-state index is 12.8. The van der Waals surface area contributed by atoms with Crippen LogP contribution in [0.1, 0.15) is 12.8 Å². The number of aromatic nitrogens is 3. The van der Waals surface area contributed by atoms with Crippen LogP contribution in [0, 0.1) is 11.8 Å². The van der Waals surface area contributed by atoms with Crippen molar-refractivity contribution in [2.45, 2.75) is 25.4 Å². The van der Waals surface area contributed by atoms with Crippen LogP contribution >= 0.6 is 0 Å². The number of hydrogen-bond donors (Lipinski definition) is 1. The van der Waals surface area contributed by atoms with E-state index in [2.05, 4.69) is 32.7 Å². The largest absolute Gasteiger partial charge is 0.326 e. The zero-order valence-corrected chi connectivity index (χ0v) is 16.3. The molecule has 1 aromatic heterocycles. The van der Waals surface area contributed by atoms with Crippen molar-refractivity contribution in [1.82, 2.24) is 19.9 Å². The van der Waals surface area contributed by atoms with Crippen LogP contribution < -0.4 is 5.32 Å². The van der Waals surface area contributed by atoms with Crippen molar-refractivity contribution in [2.75, 3.05) is 18.4 Å². The second-order valence-corrected chi connectivity index (χ2v) is 8.09. The minimum Gasteiger partial charge on any atom is -0.326 e. The monoisotopic (exact) mass is 387 g/mol. The van der Waals surface area contributed by atoms with Gasteiger partial charge >= 0.3 is 0 Å². The summed E-state index contributed by atoms with van der Waals surface area (Å²) in [5.74, 6) is 0.651. The first-order valence-electron chi connectivity index (χ1n) is 10.3. The third-order valence-electron chi connectivity index (χ3n) is 6.26. The maximum Gasteiger partial charge on any atom is 0.229 e. The van der Waals surface area contributed by atoms with E-state index in [0.29, 0.717) is 12.0 Å². The molecule has 148 valence electrons. The molecular weight excluding hydrogens is 362 g/mol. The molecule has 0 radical (unpaired) electrons. The molecule has 1 unspecified atom stereocenters. The van der Waals surface area contributed by atoms with Crippen molar-refractivity contribution >= 4 is 11.6 Å². The number of anilines is 1. The number of piperidine rings is 3.